The maximum Gasteiger partial charge on any atom is 0.191 e. The highest BCUT2D eigenvalue weighted by Gasteiger charge is 2.19. The second-order valence-electron chi connectivity index (χ2n) is 5.98. The van der Waals surface area contributed by atoms with Gasteiger partial charge in [-0.2, -0.15) is 0 Å². The van der Waals surface area contributed by atoms with Crippen molar-refractivity contribution in [3.63, 3.8) is 0 Å². The second-order valence-corrected chi connectivity index (χ2v) is 7.87. The van der Waals surface area contributed by atoms with Crippen LogP contribution in [0, 0.1) is 11.7 Å². The van der Waals surface area contributed by atoms with Crippen molar-refractivity contribution in [1.29, 1.82) is 0 Å². The first-order chi connectivity index (χ1) is 12.1. The minimum Gasteiger partial charge on any atom is -0.302 e. The number of aromatic nitrogens is 3. The van der Waals surface area contributed by atoms with Crippen LogP contribution in [0.1, 0.15) is 23.5 Å². The average Bonchev–Trinajstić information content (AvgIpc) is 3.23. The summed E-state index contributed by atoms with van der Waals surface area (Å²) in [5.41, 5.74) is 0.423. The zero-order valence-electron chi connectivity index (χ0n) is 14.0. The summed E-state index contributed by atoms with van der Waals surface area (Å²) in [5.74, 6) is 0.859. The van der Waals surface area contributed by atoms with Crippen molar-refractivity contribution in [3.8, 4) is 11.4 Å². The minimum atomic E-state index is -0.328. The first-order valence-electron chi connectivity index (χ1n) is 7.94. The zero-order chi connectivity index (χ0) is 17.8. The van der Waals surface area contributed by atoms with Gasteiger partial charge in [-0.3, -0.25) is 4.79 Å². The first-order valence-corrected chi connectivity index (χ1v) is 9.80. The minimum absolute atomic E-state index is 0.0616. The van der Waals surface area contributed by atoms with Gasteiger partial charge >= 0.3 is 0 Å². The Morgan fingerprint density at radius 2 is 2.04 bits per heavy atom. The largest absolute Gasteiger partial charge is 0.302 e. The molecule has 1 aromatic carbocycles. The van der Waals surface area contributed by atoms with Crippen LogP contribution in [0.15, 0.2) is 46.9 Å². The fourth-order valence-electron chi connectivity index (χ4n) is 2.41. The van der Waals surface area contributed by atoms with Crippen molar-refractivity contribution in [2.75, 3.05) is 5.75 Å². The van der Waals surface area contributed by atoms with Crippen LogP contribution in [-0.2, 0) is 6.54 Å². The summed E-state index contributed by atoms with van der Waals surface area (Å²) in [6.07, 6.45) is 0. The molecule has 0 unspecified atom stereocenters. The number of hydrogen-bond acceptors (Lipinski definition) is 5. The Labute approximate surface area is 154 Å². The van der Waals surface area contributed by atoms with Crippen LogP contribution in [0.25, 0.3) is 11.4 Å². The predicted molar refractivity (Wildman–Crippen MR) is 99.6 cm³/mol. The maximum atomic E-state index is 14.2. The number of thiophene rings is 1. The van der Waals surface area contributed by atoms with E-state index in [4.69, 9.17) is 0 Å². The van der Waals surface area contributed by atoms with Crippen molar-refractivity contribution in [1.82, 2.24) is 14.8 Å². The molecule has 25 heavy (non-hydrogen) atoms. The van der Waals surface area contributed by atoms with Crippen LogP contribution < -0.4 is 0 Å². The number of carbonyl (C=O) groups is 1. The van der Waals surface area contributed by atoms with E-state index in [1.54, 1.807) is 18.2 Å². The van der Waals surface area contributed by atoms with E-state index in [9.17, 15) is 9.18 Å². The number of Topliss-reactive ketones (excluding diaryl/α,β-unsaturated/α-hetero) is 1. The normalized spacial score (nSPS) is 11.2. The lowest BCUT2D eigenvalue weighted by Gasteiger charge is -2.12. The number of hydrogen-bond donors (Lipinski definition) is 0. The molecule has 3 aromatic rings. The van der Waals surface area contributed by atoms with Gasteiger partial charge in [0.25, 0.3) is 0 Å². The highest BCUT2D eigenvalue weighted by Crippen LogP contribution is 2.27. The SMILES string of the molecule is CC(C)Cn1c(SCC(=O)c2cccs2)nnc1-c1ccccc1F. The topological polar surface area (TPSA) is 47.8 Å². The number of halogens is 1. The van der Waals surface area contributed by atoms with Gasteiger partial charge in [-0.15, -0.1) is 21.5 Å². The van der Waals surface area contributed by atoms with E-state index >= 15 is 0 Å². The second kappa shape index (κ2) is 7.93. The summed E-state index contributed by atoms with van der Waals surface area (Å²) >= 11 is 2.77. The number of carbonyl (C=O) groups excluding carboxylic acids is 1. The Balaban J connectivity index is 1.86. The summed E-state index contributed by atoms with van der Waals surface area (Å²) in [4.78, 5) is 12.9. The molecule has 0 amide bonds. The van der Waals surface area contributed by atoms with E-state index in [1.807, 2.05) is 22.1 Å². The van der Waals surface area contributed by atoms with Crippen molar-refractivity contribution >= 4 is 28.9 Å². The molecule has 2 aromatic heterocycles. The number of thioether (sulfide) groups is 1. The Bertz CT molecular complexity index is 859. The molecule has 0 aliphatic rings. The molecular formula is C18H18FN3OS2. The van der Waals surface area contributed by atoms with Crippen molar-refractivity contribution in [2.45, 2.75) is 25.5 Å². The van der Waals surface area contributed by atoms with Gasteiger partial charge in [-0.25, -0.2) is 4.39 Å². The van der Waals surface area contributed by atoms with Crippen LogP contribution in [0.4, 0.5) is 4.39 Å². The van der Waals surface area contributed by atoms with Crippen molar-refractivity contribution in [2.24, 2.45) is 5.92 Å². The van der Waals surface area contributed by atoms with Gasteiger partial charge < -0.3 is 4.57 Å². The Morgan fingerprint density at radius 1 is 1.24 bits per heavy atom. The number of ketones is 1. The highest BCUT2D eigenvalue weighted by molar-refractivity contribution is 7.99. The molecule has 0 fully saturated rings. The number of nitrogens with zero attached hydrogens (tertiary/aromatic N) is 3. The quantitative estimate of drug-likeness (QED) is 0.441. The Hall–Kier alpha value is -1.99. The molecule has 7 heteroatoms. The maximum absolute atomic E-state index is 14.2. The molecule has 0 saturated heterocycles. The van der Waals surface area contributed by atoms with Crippen molar-refractivity contribution in [3.05, 3.63) is 52.5 Å². The van der Waals surface area contributed by atoms with Gasteiger partial charge in [0.15, 0.2) is 16.8 Å². The predicted octanol–water partition coefficient (Wildman–Crippen LogP) is 4.78. The van der Waals surface area contributed by atoms with Gasteiger partial charge in [-0.05, 0) is 29.5 Å². The molecule has 0 aliphatic carbocycles. The third-order valence-electron chi connectivity index (χ3n) is 3.51. The number of rotatable bonds is 7. The molecule has 0 radical (unpaired) electrons. The van der Waals surface area contributed by atoms with Gasteiger partial charge in [-0.1, -0.05) is 43.8 Å². The molecule has 2 heterocycles. The van der Waals surface area contributed by atoms with Crippen molar-refractivity contribution < 1.29 is 9.18 Å². The third kappa shape index (κ3) is 4.16. The summed E-state index contributed by atoms with van der Waals surface area (Å²) in [6.45, 7) is 4.82. The lowest BCUT2D eigenvalue weighted by Crippen LogP contribution is -2.09. The van der Waals surface area contributed by atoms with Gasteiger partial charge in [0.05, 0.1) is 16.2 Å². The number of benzene rings is 1. The van der Waals surface area contributed by atoms with Crippen LogP contribution in [0.2, 0.25) is 0 Å². The van der Waals surface area contributed by atoms with E-state index in [-0.39, 0.29) is 17.4 Å². The molecular weight excluding hydrogens is 357 g/mol. The van der Waals surface area contributed by atoms with Gasteiger partial charge in [0.1, 0.15) is 5.82 Å². The molecule has 4 nitrogen and oxygen atoms in total. The molecule has 0 spiro atoms. The van der Waals surface area contributed by atoms with Crippen LogP contribution in [0.5, 0.6) is 0 Å². The molecule has 0 bridgehead atoms. The smallest absolute Gasteiger partial charge is 0.191 e. The van der Waals surface area contributed by atoms with E-state index in [1.165, 1.54) is 29.2 Å². The third-order valence-corrected chi connectivity index (χ3v) is 5.39. The van der Waals surface area contributed by atoms with E-state index in [0.717, 1.165) is 4.88 Å². The summed E-state index contributed by atoms with van der Waals surface area (Å²) in [6, 6.07) is 10.2. The lowest BCUT2D eigenvalue weighted by atomic mass is 10.2. The summed E-state index contributed by atoms with van der Waals surface area (Å²) < 4.78 is 16.1. The van der Waals surface area contributed by atoms with Crippen LogP contribution in [0.3, 0.4) is 0 Å². The zero-order valence-corrected chi connectivity index (χ0v) is 15.6. The van der Waals surface area contributed by atoms with E-state index in [2.05, 4.69) is 24.0 Å². The van der Waals surface area contributed by atoms with E-state index < -0.39 is 0 Å². The molecule has 3 rings (SSSR count). The van der Waals surface area contributed by atoms with Gasteiger partial charge in [0.2, 0.25) is 0 Å². The fourth-order valence-corrected chi connectivity index (χ4v) is 3.99. The molecule has 0 saturated carbocycles. The summed E-state index contributed by atoms with van der Waals surface area (Å²) in [7, 11) is 0. The monoisotopic (exact) mass is 375 g/mol. The Kier molecular flexibility index (Phi) is 5.65. The molecule has 0 atom stereocenters. The lowest BCUT2D eigenvalue weighted by molar-refractivity contribution is 0.102. The van der Waals surface area contributed by atoms with Crippen LogP contribution in [-0.4, -0.2) is 26.3 Å². The molecule has 130 valence electrons. The summed E-state index contributed by atoms with van der Waals surface area (Å²) in [5, 5.41) is 10.9. The molecule has 0 aliphatic heterocycles. The fraction of sp³-hybridized carbons (Fsp3) is 0.278. The van der Waals surface area contributed by atoms with E-state index in [0.29, 0.717) is 29.0 Å². The average molecular weight is 375 g/mol. The first kappa shape index (κ1) is 17.8. The Morgan fingerprint density at radius 3 is 2.72 bits per heavy atom. The van der Waals surface area contributed by atoms with Crippen LogP contribution >= 0.6 is 23.1 Å². The van der Waals surface area contributed by atoms with Gasteiger partial charge in [0, 0.05) is 6.54 Å². The molecule has 0 N–H and O–H groups in total. The standard InChI is InChI=1S/C18H18FN3OS2/c1-12(2)10-22-17(13-6-3-4-7-14(13)19)20-21-18(22)25-11-15(23)16-8-5-9-24-16/h3-9,12H,10-11H2,1-2H3. The highest BCUT2D eigenvalue weighted by atomic mass is 32.2.